The van der Waals surface area contributed by atoms with E-state index in [2.05, 4.69) is 20.2 Å². The molecule has 0 aliphatic rings. The second kappa shape index (κ2) is 6.99. The Morgan fingerprint density at radius 1 is 1.24 bits per heavy atom. The van der Waals surface area contributed by atoms with E-state index in [0.717, 1.165) is 31.3 Å². The lowest BCUT2D eigenvalue weighted by Crippen LogP contribution is -2.15. The zero-order valence-electron chi connectivity index (χ0n) is 12.3. The Hall–Kier alpha value is -2.21. The van der Waals surface area contributed by atoms with Gasteiger partial charge in [0.05, 0.1) is 5.52 Å². The molecule has 2 aromatic rings. The average molecular weight is 288 g/mol. The summed E-state index contributed by atoms with van der Waals surface area (Å²) < 4.78 is 0. The Morgan fingerprint density at radius 2 is 2.00 bits per heavy atom. The van der Waals surface area contributed by atoms with E-state index in [-0.39, 0.29) is 5.82 Å². The summed E-state index contributed by atoms with van der Waals surface area (Å²) in [7, 11) is 4.09. The summed E-state index contributed by atoms with van der Waals surface area (Å²) in [6.07, 6.45) is 2.08. The van der Waals surface area contributed by atoms with Gasteiger partial charge in [-0.2, -0.15) is 0 Å². The molecule has 0 bridgehead atoms. The largest absolute Gasteiger partial charge is 0.475 e. The number of carboxylic acids is 1. The van der Waals surface area contributed by atoms with Crippen LogP contribution in [-0.2, 0) is 0 Å². The van der Waals surface area contributed by atoms with E-state index in [9.17, 15) is 4.79 Å². The summed E-state index contributed by atoms with van der Waals surface area (Å²) in [5.74, 6) is -0.705. The summed E-state index contributed by atoms with van der Waals surface area (Å²) in [5, 5.41) is 13.1. The van der Waals surface area contributed by atoms with Crippen molar-refractivity contribution < 1.29 is 9.90 Å². The van der Waals surface area contributed by atoms with Gasteiger partial charge in [0.1, 0.15) is 5.82 Å². The van der Waals surface area contributed by atoms with Crippen molar-refractivity contribution in [3.63, 3.8) is 0 Å². The minimum Gasteiger partial charge on any atom is -0.475 e. The van der Waals surface area contributed by atoms with E-state index in [1.807, 2.05) is 32.3 Å². The number of carboxylic acid groups (broad SMARTS) is 1. The topological polar surface area (TPSA) is 78.4 Å². The number of nitrogens with one attached hydrogen (secondary N) is 1. The van der Waals surface area contributed by atoms with Crippen molar-refractivity contribution in [2.24, 2.45) is 0 Å². The first-order valence-corrected chi connectivity index (χ1v) is 6.96. The van der Waals surface area contributed by atoms with Gasteiger partial charge in [-0.1, -0.05) is 12.1 Å². The number of anilines is 1. The first-order valence-electron chi connectivity index (χ1n) is 6.96. The lowest BCUT2D eigenvalue weighted by molar-refractivity contribution is 0.0684. The number of para-hydroxylation sites is 1. The Bertz CT molecular complexity index is 628. The molecule has 112 valence electrons. The van der Waals surface area contributed by atoms with Gasteiger partial charge in [-0.3, -0.25) is 0 Å². The summed E-state index contributed by atoms with van der Waals surface area (Å²) in [4.78, 5) is 21.4. The van der Waals surface area contributed by atoms with Crippen LogP contribution in [0.1, 0.15) is 23.5 Å². The number of aromatic nitrogens is 2. The Labute approximate surface area is 123 Å². The third-order valence-electron chi connectivity index (χ3n) is 3.12. The predicted octanol–water partition coefficient (Wildman–Crippen LogP) is 2.08. The van der Waals surface area contributed by atoms with Crippen molar-refractivity contribution in [1.82, 2.24) is 14.9 Å². The Morgan fingerprint density at radius 3 is 2.71 bits per heavy atom. The van der Waals surface area contributed by atoms with Gasteiger partial charge in [0.15, 0.2) is 0 Å². The number of aromatic carboxylic acids is 1. The number of carbonyl (C=O) groups is 1. The maximum atomic E-state index is 11.1. The summed E-state index contributed by atoms with van der Waals surface area (Å²) >= 11 is 0. The van der Waals surface area contributed by atoms with Crippen LogP contribution in [0.2, 0.25) is 0 Å². The highest BCUT2D eigenvalue weighted by Crippen LogP contribution is 2.20. The SMILES string of the molecule is CN(C)CCCCNc1nc(C(=O)O)nc2ccccc12. The van der Waals surface area contributed by atoms with Crippen LogP contribution in [0.4, 0.5) is 5.82 Å². The minimum atomic E-state index is -1.11. The average Bonchev–Trinajstić information content (AvgIpc) is 2.46. The molecule has 0 aliphatic heterocycles. The maximum absolute atomic E-state index is 11.1. The van der Waals surface area contributed by atoms with Gasteiger partial charge in [0.2, 0.25) is 5.82 Å². The quantitative estimate of drug-likeness (QED) is 0.759. The van der Waals surface area contributed by atoms with Gasteiger partial charge >= 0.3 is 5.97 Å². The molecule has 0 atom stereocenters. The first kappa shape index (κ1) is 15.2. The summed E-state index contributed by atoms with van der Waals surface area (Å²) in [5.41, 5.74) is 0.640. The Balaban J connectivity index is 2.12. The van der Waals surface area contributed by atoms with Gasteiger partial charge in [-0.15, -0.1) is 0 Å². The molecule has 1 aromatic heterocycles. The predicted molar refractivity (Wildman–Crippen MR) is 82.8 cm³/mol. The molecular formula is C15H20N4O2. The number of rotatable bonds is 7. The number of fused-ring (bicyclic) bond motifs is 1. The lowest BCUT2D eigenvalue weighted by Gasteiger charge is -2.11. The van der Waals surface area contributed by atoms with Crippen LogP contribution in [0.5, 0.6) is 0 Å². The minimum absolute atomic E-state index is 0.176. The molecule has 0 aliphatic carbocycles. The highest BCUT2D eigenvalue weighted by molar-refractivity contribution is 5.93. The maximum Gasteiger partial charge on any atom is 0.374 e. The standard InChI is InChI=1S/C15H20N4O2/c1-19(2)10-6-5-9-16-13-11-7-3-4-8-12(11)17-14(18-13)15(20)21/h3-4,7-8H,5-6,9-10H2,1-2H3,(H,20,21)(H,16,17,18). The van der Waals surface area contributed by atoms with E-state index in [0.29, 0.717) is 11.3 Å². The fraction of sp³-hybridized carbons (Fsp3) is 0.400. The van der Waals surface area contributed by atoms with Crippen molar-refractivity contribution in [2.45, 2.75) is 12.8 Å². The Kier molecular flexibility index (Phi) is 5.05. The van der Waals surface area contributed by atoms with Gasteiger partial charge in [-0.25, -0.2) is 14.8 Å². The van der Waals surface area contributed by atoms with E-state index in [1.165, 1.54) is 0 Å². The van der Waals surface area contributed by atoms with Crippen LogP contribution in [0.15, 0.2) is 24.3 Å². The fourth-order valence-corrected chi connectivity index (χ4v) is 2.07. The first-order chi connectivity index (χ1) is 10.1. The van der Waals surface area contributed by atoms with Crippen LogP contribution in [-0.4, -0.2) is 53.1 Å². The molecule has 0 spiro atoms. The molecule has 2 N–H and O–H groups in total. The zero-order valence-corrected chi connectivity index (χ0v) is 12.3. The molecule has 21 heavy (non-hydrogen) atoms. The van der Waals surface area contributed by atoms with Gasteiger partial charge < -0.3 is 15.3 Å². The van der Waals surface area contributed by atoms with E-state index >= 15 is 0 Å². The highest BCUT2D eigenvalue weighted by atomic mass is 16.4. The molecule has 0 saturated carbocycles. The molecule has 0 saturated heterocycles. The molecule has 2 rings (SSSR count). The van der Waals surface area contributed by atoms with E-state index in [1.54, 1.807) is 6.07 Å². The van der Waals surface area contributed by atoms with E-state index in [4.69, 9.17) is 5.11 Å². The highest BCUT2D eigenvalue weighted by Gasteiger charge is 2.12. The number of hydrogen-bond donors (Lipinski definition) is 2. The number of hydrogen-bond acceptors (Lipinski definition) is 5. The number of unbranched alkanes of at least 4 members (excludes halogenated alkanes) is 1. The van der Waals surface area contributed by atoms with Crippen molar-refractivity contribution >= 4 is 22.7 Å². The monoisotopic (exact) mass is 288 g/mol. The van der Waals surface area contributed by atoms with Crippen molar-refractivity contribution in [2.75, 3.05) is 32.5 Å². The molecule has 6 heteroatoms. The fourth-order valence-electron chi connectivity index (χ4n) is 2.07. The number of nitrogens with zero attached hydrogens (tertiary/aromatic N) is 3. The molecule has 0 unspecified atom stereocenters. The number of benzene rings is 1. The molecule has 1 heterocycles. The summed E-state index contributed by atoms with van der Waals surface area (Å²) in [6.45, 7) is 1.79. The van der Waals surface area contributed by atoms with Gasteiger partial charge in [-0.05, 0) is 45.6 Å². The van der Waals surface area contributed by atoms with Crippen LogP contribution >= 0.6 is 0 Å². The van der Waals surface area contributed by atoms with Crippen LogP contribution in [0, 0.1) is 0 Å². The normalized spacial score (nSPS) is 11.0. The molecule has 6 nitrogen and oxygen atoms in total. The molecule has 0 radical (unpaired) electrons. The molecule has 0 amide bonds. The summed E-state index contributed by atoms with van der Waals surface area (Å²) in [6, 6.07) is 7.41. The second-order valence-corrected chi connectivity index (χ2v) is 5.16. The van der Waals surface area contributed by atoms with E-state index < -0.39 is 5.97 Å². The molecule has 1 aromatic carbocycles. The van der Waals surface area contributed by atoms with Crippen LogP contribution in [0.25, 0.3) is 10.9 Å². The second-order valence-electron chi connectivity index (χ2n) is 5.16. The molecule has 0 fully saturated rings. The third-order valence-corrected chi connectivity index (χ3v) is 3.12. The third kappa shape index (κ3) is 4.13. The van der Waals surface area contributed by atoms with Crippen LogP contribution in [0.3, 0.4) is 0 Å². The van der Waals surface area contributed by atoms with Crippen molar-refractivity contribution in [1.29, 1.82) is 0 Å². The molecular weight excluding hydrogens is 268 g/mol. The van der Waals surface area contributed by atoms with Gasteiger partial charge in [0.25, 0.3) is 0 Å². The lowest BCUT2D eigenvalue weighted by atomic mass is 10.2. The van der Waals surface area contributed by atoms with Crippen molar-refractivity contribution in [3.8, 4) is 0 Å². The smallest absolute Gasteiger partial charge is 0.374 e. The van der Waals surface area contributed by atoms with Crippen LogP contribution < -0.4 is 5.32 Å². The van der Waals surface area contributed by atoms with Crippen molar-refractivity contribution in [3.05, 3.63) is 30.1 Å². The zero-order chi connectivity index (χ0) is 15.2. The van der Waals surface area contributed by atoms with Gasteiger partial charge in [0, 0.05) is 11.9 Å².